The van der Waals surface area contributed by atoms with Gasteiger partial charge in [0.15, 0.2) is 0 Å². The summed E-state index contributed by atoms with van der Waals surface area (Å²) in [6.07, 6.45) is -2.38. The topological polar surface area (TPSA) is 65.5 Å². The van der Waals surface area contributed by atoms with Crippen LogP contribution in [-0.4, -0.2) is 52.9 Å². The molecule has 0 bridgehead atoms. The number of carbonyl (C=O) groups excluding carboxylic acids is 2. The molecule has 0 atom stereocenters. The molecule has 3 amide bonds. The van der Waals surface area contributed by atoms with Crippen LogP contribution < -0.4 is 5.32 Å². The minimum Gasteiger partial charge on any atom is -0.337 e. The molecule has 1 aliphatic heterocycles. The maximum atomic E-state index is 13.2. The molecule has 6 nitrogen and oxygen atoms in total. The third kappa shape index (κ3) is 5.01. The van der Waals surface area contributed by atoms with Crippen LogP contribution in [0.3, 0.4) is 0 Å². The van der Waals surface area contributed by atoms with E-state index in [-0.39, 0.29) is 25.3 Å². The number of amides is 3. The lowest BCUT2D eigenvalue weighted by Crippen LogP contribution is -2.39. The molecular formula is C19H18F4N4O2. The monoisotopic (exact) mass is 410 g/mol. The number of carbonyl (C=O) groups is 2. The summed E-state index contributed by atoms with van der Waals surface area (Å²) in [6.45, 7) is 0.717. The van der Waals surface area contributed by atoms with Gasteiger partial charge in [0.1, 0.15) is 5.82 Å². The van der Waals surface area contributed by atoms with Gasteiger partial charge in [0.05, 0.1) is 11.1 Å². The lowest BCUT2D eigenvalue weighted by molar-refractivity contribution is -0.138. The molecule has 1 aromatic heterocycles. The molecule has 1 N–H and O–H groups in total. The Bertz CT molecular complexity index is 904. The van der Waals surface area contributed by atoms with Gasteiger partial charge in [-0.2, -0.15) is 13.2 Å². The molecule has 0 aliphatic carbocycles. The van der Waals surface area contributed by atoms with E-state index in [2.05, 4.69) is 10.3 Å². The van der Waals surface area contributed by atoms with E-state index in [0.29, 0.717) is 13.0 Å². The molecule has 2 aromatic rings. The zero-order chi connectivity index (χ0) is 21.0. The molecule has 1 fully saturated rings. The second-order valence-electron chi connectivity index (χ2n) is 6.49. The smallest absolute Gasteiger partial charge is 0.337 e. The highest BCUT2D eigenvalue weighted by atomic mass is 19.4. The number of hydrogen-bond donors (Lipinski definition) is 1. The maximum Gasteiger partial charge on any atom is 0.417 e. The van der Waals surface area contributed by atoms with E-state index in [1.165, 1.54) is 34.1 Å². The van der Waals surface area contributed by atoms with Crippen LogP contribution >= 0.6 is 0 Å². The first kappa shape index (κ1) is 20.6. The van der Waals surface area contributed by atoms with Gasteiger partial charge >= 0.3 is 12.2 Å². The molecule has 0 spiro atoms. The predicted octanol–water partition coefficient (Wildman–Crippen LogP) is 3.62. The fraction of sp³-hybridized carbons (Fsp3) is 0.316. The largest absolute Gasteiger partial charge is 0.417 e. The van der Waals surface area contributed by atoms with E-state index in [0.717, 1.165) is 18.5 Å². The zero-order valence-corrected chi connectivity index (χ0v) is 15.2. The molecule has 0 saturated carbocycles. The number of nitrogens with one attached hydrogen (secondary N) is 1. The van der Waals surface area contributed by atoms with Gasteiger partial charge in [-0.1, -0.05) is 6.07 Å². The third-order valence-electron chi connectivity index (χ3n) is 4.50. The quantitative estimate of drug-likeness (QED) is 0.770. The number of hydrogen-bond acceptors (Lipinski definition) is 3. The summed E-state index contributed by atoms with van der Waals surface area (Å²) in [5.74, 6) is -1.27. The minimum absolute atomic E-state index is 0.0710. The third-order valence-corrected chi connectivity index (χ3v) is 4.50. The number of aromatic nitrogens is 1. The van der Waals surface area contributed by atoms with Crippen LogP contribution in [0.5, 0.6) is 0 Å². The van der Waals surface area contributed by atoms with Gasteiger partial charge in [0.2, 0.25) is 0 Å². The van der Waals surface area contributed by atoms with Gasteiger partial charge < -0.3 is 15.1 Å². The Morgan fingerprint density at radius 1 is 1.03 bits per heavy atom. The highest BCUT2D eigenvalue weighted by Gasteiger charge is 2.36. The Balaban J connectivity index is 1.67. The van der Waals surface area contributed by atoms with E-state index in [1.54, 1.807) is 0 Å². The van der Waals surface area contributed by atoms with E-state index >= 15 is 0 Å². The van der Waals surface area contributed by atoms with Gasteiger partial charge in [-0.15, -0.1) is 0 Å². The van der Waals surface area contributed by atoms with Crippen molar-refractivity contribution >= 4 is 17.6 Å². The minimum atomic E-state index is -4.67. The number of nitrogens with zero attached hydrogens (tertiary/aromatic N) is 3. The lowest BCUT2D eigenvalue weighted by atomic mass is 10.1. The molecule has 154 valence electrons. The van der Waals surface area contributed by atoms with Crippen molar-refractivity contribution in [2.24, 2.45) is 0 Å². The zero-order valence-electron chi connectivity index (χ0n) is 15.2. The number of pyridine rings is 1. The van der Waals surface area contributed by atoms with E-state index < -0.39 is 35.1 Å². The van der Waals surface area contributed by atoms with Crippen molar-refractivity contribution in [3.63, 3.8) is 0 Å². The number of benzene rings is 1. The fourth-order valence-corrected chi connectivity index (χ4v) is 3.07. The fourth-order valence-electron chi connectivity index (χ4n) is 3.07. The Kier molecular flexibility index (Phi) is 6.00. The average Bonchev–Trinajstić information content (AvgIpc) is 2.93. The second-order valence-corrected chi connectivity index (χ2v) is 6.49. The number of alkyl halides is 3. The van der Waals surface area contributed by atoms with Crippen molar-refractivity contribution in [2.45, 2.75) is 12.6 Å². The number of rotatable bonds is 2. The van der Waals surface area contributed by atoms with E-state index in [9.17, 15) is 27.2 Å². The number of halogens is 4. The number of anilines is 1. The van der Waals surface area contributed by atoms with Crippen LogP contribution in [0.1, 0.15) is 22.3 Å². The highest BCUT2D eigenvalue weighted by molar-refractivity contribution is 5.95. The molecule has 0 unspecified atom stereocenters. The van der Waals surface area contributed by atoms with Crippen LogP contribution in [-0.2, 0) is 6.18 Å². The van der Waals surface area contributed by atoms with E-state index in [4.69, 9.17) is 0 Å². The van der Waals surface area contributed by atoms with E-state index in [1.807, 2.05) is 0 Å². The summed E-state index contributed by atoms with van der Waals surface area (Å²) < 4.78 is 52.8. The molecule has 29 heavy (non-hydrogen) atoms. The van der Waals surface area contributed by atoms with Crippen molar-refractivity contribution < 1.29 is 27.2 Å². The summed E-state index contributed by atoms with van der Waals surface area (Å²) in [6, 6.07) is 5.72. The Morgan fingerprint density at radius 3 is 2.48 bits per heavy atom. The summed E-state index contributed by atoms with van der Waals surface area (Å²) in [4.78, 5) is 31.4. The van der Waals surface area contributed by atoms with Crippen LogP contribution in [0.15, 0.2) is 42.7 Å². The Labute approximate surface area is 164 Å². The molecular weight excluding hydrogens is 392 g/mol. The standard InChI is InChI=1S/C19H18F4N4O2/c20-13-3-1-4-14(11-13)25-18(29)27-8-2-7-26(9-10-27)17(28)15-12-24-6-5-16(15)19(21,22)23/h1,3-6,11-12H,2,7-10H2,(H,25,29). The first-order chi connectivity index (χ1) is 13.8. The highest BCUT2D eigenvalue weighted by Crippen LogP contribution is 2.32. The predicted molar refractivity (Wildman–Crippen MR) is 96.8 cm³/mol. The average molecular weight is 410 g/mol. The molecule has 3 rings (SSSR count). The molecule has 1 aliphatic rings. The van der Waals surface area contributed by atoms with Gasteiger partial charge in [-0.3, -0.25) is 9.78 Å². The molecule has 2 heterocycles. The summed E-state index contributed by atoms with van der Waals surface area (Å²) in [5.41, 5.74) is -1.27. The van der Waals surface area contributed by atoms with Crippen LogP contribution in [0.25, 0.3) is 0 Å². The van der Waals surface area contributed by atoms with Gasteiger partial charge in [0.25, 0.3) is 5.91 Å². The maximum absolute atomic E-state index is 13.2. The first-order valence-electron chi connectivity index (χ1n) is 8.87. The van der Waals surface area contributed by atoms with Crippen molar-refractivity contribution in [3.8, 4) is 0 Å². The van der Waals surface area contributed by atoms with Crippen molar-refractivity contribution in [2.75, 3.05) is 31.5 Å². The molecule has 1 aromatic carbocycles. The van der Waals surface area contributed by atoms with Gasteiger partial charge in [-0.05, 0) is 30.7 Å². The van der Waals surface area contributed by atoms with Crippen LogP contribution in [0, 0.1) is 5.82 Å². The Hall–Kier alpha value is -3.17. The molecule has 10 heteroatoms. The van der Waals surface area contributed by atoms with Crippen molar-refractivity contribution in [1.82, 2.24) is 14.8 Å². The normalized spacial score (nSPS) is 15.0. The summed E-state index contributed by atoms with van der Waals surface area (Å²) >= 11 is 0. The first-order valence-corrected chi connectivity index (χ1v) is 8.87. The SMILES string of the molecule is O=C(Nc1cccc(F)c1)N1CCCN(C(=O)c2cnccc2C(F)(F)F)CC1. The van der Waals surface area contributed by atoms with Crippen molar-refractivity contribution in [1.29, 1.82) is 0 Å². The molecule has 1 saturated heterocycles. The molecule has 0 radical (unpaired) electrons. The van der Waals surface area contributed by atoms with Crippen LogP contribution in [0.4, 0.5) is 28.0 Å². The summed E-state index contributed by atoms with van der Waals surface area (Å²) in [5, 5.41) is 2.57. The van der Waals surface area contributed by atoms with Gasteiger partial charge in [-0.25, -0.2) is 9.18 Å². The van der Waals surface area contributed by atoms with Crippen molar-refractivity contribution in [3.05, 3.63) is 59.7 Å². The lowest BCUT2D eigenvalue weighted by Gasteiger charge is -2.23. The van der Waals surface area contributed by atoms with Gasteiger partial charge in [0, 0.05) is 44.3 Å². The van der Waals surface area contributed by atoms with Crippen LogP contribution in [0.2, 0.25) is 0 Å². The second kappa shape index (κ2) is 8.46. The summed E-state index contributed by atoms with van der Waals surface area (Å²) in [7, 11) is 0. The number of urea groups is 1. The Morgan fingerprint density at radius 2 is 1.76 bits per heavy atom.